The molecular formula is C11H18N2O2. The molecule has 0 radical (unpaired) electrons. The number of likely N-dealkylation sites (N-methyl/N-ethyl adjacent to an activating group) is 1. The monoisotopic (exact) mass is 210 g/mol. The van der Waals surface area contributed by atoms with Crippen molar-refractivity contribution in [1.29, 1.82) is 0 Å². The van der Waals surface area contributed by atoms with E-state index in [-0.39, 0.29) is 19.3 Å². The van der Waals surface area contributed by atoms with Crippen molar-refractivity contribution < 1.29 is 10.2 Å². The van der Waals surface area contributed by atoms with Crippen LogP contribution in [0.4, 0.5) is 5.82 Å². The first-order chi connectivity index (χ1) is 7.10. The van der Waals surface area contributed by atoms with Gasteiger partial charge in [-0.15, -0.1) is 0 Å². The molecule has 84 valence electrons. The molecule has 0 aliphatic carbocycles. The number of aromatic nitrogens is 1. The van der Waals surface area contributed by atoms with Crippen molar-refractivity contribution in [2.45, 2.75) is 26.5 Å². The van der Waals surface area contributed by atoms with Gasteiger partial charge in [-0.3, -0.25) is 0 Å². The van der Waals surface area contributed by atoms with Gasteiger partial charge < -0.3 is 15.1 Å². The molecule has 0 amide bonds. The van der Waals surface area contributed by atoms with Gasteiger partial charge in [-0.2, -0.15) is 0 Å². The van der Waals surface area contributed by atoms with Gasteiger partial charge in [-0.1, -0.05) is 0 Å². The van der Waals surface area contributed by atoms with E-state index in [0.29, 0.717) is 0 Å². The van der Waals surface area contributed by atoms with Crippen LogP contribution >= 0.6 is 0 Å². The van der Waals surface area contributed by atoms with Gasteiger partial charge in [0.05, 0.1) is 19.3 Å². The Morgan fingerprint density at radius 3 is 2.60 bits per heavy atom. The van der Waals surface area contributed by atoms with E-state index >= 15 is 0 Å². The van der Waals surface area contributed by atoms with Crippen molar-refractivity contribution in [3.8, 4) is 0 Å². The Morgan fingerprint density at radius 2 is 2.13 bits per heavy atom. The first kappa shape index (κ1) is 11.9. The Balaban J connectivity index is 2.95. The van der Waals surface area contributed by atoms with E-state index in [1.165, 1.54) is 0 Å². The van der Waals surface area contributed by atoms with Crippen molar-refractivity contribution in [3.05, 3.63) is 23.4 Å². The van der Waals surface area contributed by atoms with Gasteiger partial charge >= 0.3 is 0 Å². The Morgan fingerprint density at radius 1 is 1.47 bits per heavy atom. The lowest BCUT2D eigenvalue weighted by Gasteiger charge is -2.25. The standard InChI is InChI=1S/C11H18N2O2/c1-8-4-10(7-15)5-12-11(8)13(3)9(2)6-14/h4-5,9,14-15H,6-7H2,1-3H3. The maximum Gasteiger partial charge on any atom is 0.131 e. The third kappa shape index (κ3) is 2.67. The summed E-state index contributed by atoms with van der Waals surface area (Å²) in [6.45, 7) is 3.98. The molecule has 4 nitrogen and oxygen atoms in total. The number of aliphatic hydroxyl groups is 2. The van der Waals surface area contributed by atoms with Crippen LogP contribution in [0.1, 0.15) is 18.1 Å². The highest BCUT2D eigenvalue weighted by atomic mass is 16.3. The summed E-state index contributed by atoms with van der Waals surface area (Å²) < 4.78 is 0. The van der Waals surface area contributed by atoms with E-state index in [4.69, 9.17) is 10.2 Å². The fourth-order valence-corrected chi connectivity index (χ4v) is 1.41. The number of hydrogen-bond donors (Lipinski definition) is 2. The largest absolute Gasteiger partial charge is 0.394 e. The molecule has 0 spiro atoms. The molecule has 0 saturated heterocycles. The Bertz CT molecular complexity index is 328. The predicted octanol–water partition coefficient (Wildman–Crippen LogP) is 0.699. The highest BCUT2D eigenvalue weighted by Gasteiger charge is 2.12. The minimum Gasteiger partial charge on any atom is -0.394 e. The van der Waals surface area contributed by atoms with Crippen molar-refractivity contribution >= 4 is 5.82 Å². The molecule has 0 aromatic carbocycles. The smallest absolute Gasteiger partial charge is 0.131 e. The van der Waals surface area contributed by atoms with Crippen LogP contribution in [0.5, 0.6) is 0 Å². The number of nitrogens with zero attached hydrogens (tertiary/aromatic N) is 2. The van der Waals surface area contributed by atoms with Crippen molar-refractivity contribution in [2.24, 2.45) is 0 Å². The molecule has 2 N–H and O–H groups in total. The Hall–Kier alpha value is -1.13. The molecule has 0 saturated carbocycles. The summed E-state index contributed by atoms with van der Waals surface area (Å²) in [4.78, 5) is 6.20. The summed E-state index contributed by atoms with van der Waals surface area (Å²) in [7, 11) is 1.90. The summed E-state index contributed by atoms with van der Waals surface area (Å²) in [5.41, 5.74) is 1.81. The lowest BCUT2D eigenvalue weighted by atomic mass is 10.2. The highest BCUT2D eigenvalue weighted by molar-refractivity contribution is 5.47. The first-order valence-corrected chi connectivity index (χ1v) is 5.00. The maximum absolute atomic E-state index is 9.05. The summed E-state index contributed by atoms with van der Waals surface area (Å²) in [6, 6.07) is 1.94. The zero-order valence-corrected chi connectivity index (χ0v) is 9.44. The molecule has 1 aromatic rings. The van der Waals surface area contributed by atoms with Crippen LogP contribution in [0.25, 0.3) is 0 Å². The van der Waals surface area contributed by atoms with E-state index in [1.54, 1.807) is 6.20 Å². The lowest BCUT2D eigenvalue weighted by Crippen LogP contribution is -2.33. The molecule has 0 aliphatic rings. The van der Waals surface area contributed by atoms with Gasteiger partial charge in [0.15, 0.2) is 0 Å². The number of hydrogen-bond acceptors (Lipinski definition) is 4. The van der Waals surface area contributed by atoms with Crippen molar-refractivity contribution in [3.63, 3.8) is 0 Å². The van der Waals surface area contributed by atoms with Gasteiger partial charge in [0.25, 0.3) is 0 Å². The second-order valence-corrected chi connectivity index (χ2v) is 3.78. The second-order valence-electron chi connectivity index (χ2n) is 3.78. The fourth-order valence-electron chi connectivity index (χ4n) is 1.41. The average Bonchev–Trinajstić information content (AvgIpc) is 2.26. The molecule has 1 aromatic heterocycles. The summed E-state index contributed by atoms with van der Waals surface area (Å²) in [5.74, 6) is 0.841. The molecule has 1 rings (SSSR count). The van der Waals surface area contributed by atoms with E-state index in [2.05, 4.69) is 4.98 Å². The lowest BCUT2D eigenvalue weighted by molar-refractivity contribution is 0.269. The summed E-state index contributed by atoms with van der Waals surface area (Å²) in [6.07, 6.45) is 1.66. The van der Waals surface area contributed by atoms with Gasteiger partial charge in [0.1, 0.15) is 5.82 Å². The van der Waals surface area contributed by atoms with Crippen LogP contribution in [-0.4, -0.2) is 34.9 Å². The van der Waals surface area contributed by atoms with Crippen molar-refractivity contribution in [1.82, 2.24) is 4.98 Å². The van der Waals surface area contributed by atoms with Crippen molar-refractivity contribution in [2.75, 3.05) is 18.6 Å². The molecule has 4 heteroatoms. The van der Waals surface area contributed by atoms with E-state index in [1.807, 2.05) is 31.9 Å². The van der Waals surface area contributed by atoms with Crippen LogP contribution in [0.2, 0.25) is 0 Å². The molecule has 1 heterocycles. The fraction of sp³-hybridized carbons (Fsp3) is 0.545. The van der Waals surface area contributed by atoms with E-state index in [0.717, 1.165) is 16.9 Å². The van der Waals surface area contributed by atoms with Crippen LogP contribution in [-0.2, 0) is 6.61 Å². The van der Waals surface area contributed by atoms with E-state index in [9.17, 15) is 0 Å². The maximum atomic E-state index is 9.05. The second kappa shape index (κ2) is 5.09. The summed E-state index contributed by atoms with van der Waals surface area (Å²) in [5, 5.41) is 18.0. The first-order valence-electron chi connectivity index (χ1n) is 5.00. The topological polar surface area (TPSA) is 56.6 Å². The quantitative estimate of drug-likeness (QED) is 0.768. The number of rotatable bonds is 4. The van der Waals surface area contributed by atoms with Gasteiger partial charge in [-0.25, -0.2) is 4.98 Å². The highest BCUT2D eigenvalue weighted by Crippen LogP contribution is 2.18. The molecule has 1 atom stereocenters. The normalized spacial score (nSPS) is 12.6. The minimum absolute atomic E-state index is 0.00733. The SMILES string of the molecule is Cc1cc(CO)cnc1N(C)C(C)CO. The van der Waals surface area contributed by atoms with Crippen LogP contribution in [0.15, 0.2) is 12.3 Å². The number of anilines is 1. The molecular weight excluding hydrogens is 192 g/mol. The van der Waals surface area contributed by atoms with Gasteiger partial charge in [0, 0.05) is 13.2 Å². The van der Waals surface area contributed by atoms with Crippen LogP contribution in [0, 0.1) is 6.92 Å². The Kier molecular flexibility index (Phi) is 4.05. The zero-order chi connectivity index (χ0) is 11.4. The van der Waals surface area contributed by atoms with Gasteiger partial charge in [0.2, 0.25) is 0 Å². The number of aliphatic hydroxyl groups excluding tert-OH is 2. The van der Waals surface area contributed by atoms with Crippen LogP contribution in [0.3, 0.4) is 0 Å². The molecule has 0 bridgehead atoms. The molecule has 1 unspecified atom stereocenters. The third-order valence-electron chi connectivity index (χ3n) is 2.55. The predicted molar refractivity (Wildman–Crippen MR) is 59.8 cm³/mol. The molecule has 15 heavy (non-hydrogen) atoms. The minimum atomic E-state index is 0.00733. The van der Waals surface area contributed by atoms with E-state index < -0.39 is 0 Å². The average molecular weight is 210 g/mol. The summed E-state index contributed by atoms with van der Waals surface area (Å²) >= 11 is 0. The zero-order valence-electron chi connectivity index (χ0n) is 9.44. The molecule has 0 aliphatic heterocycles. The number of pyridine rings is 1. The third-order valence-corrected chi connectivity index (χ3v) is 2.55. The molecule has 0 fully saturated rings. The van der Waals surface area contributed by atoms with Crippen LogP contribution < -0.4 is 4.90 Å². The van der Waals surface area contributed by atoms with Gasteiger partial charge in [-0.05, 0) is 31.0 Å². The Labute approximate surface area is 90.2 Å². The number of aryl methyl sites for hydroxylation is 1.